The average molecular weight is 259 g/mol. The van der Waals surface area contributed by atoms with Crippen molar-refractivity contribution in [3.8, 4) is 11.3 Å². The van der Waals surface area contributed by atoms with Gasteiger partial charge in [-0.2, -0.15) is 0 Å². The van der Waals surface area contributed by atoms with Crippen LogP contribution in [0, 0.1) is 6.92 Å². The second kappa shape index (κ2) is 3.90. The molecule has 2 aromatic carbocycles. The number of aryl methyl sites for hydroxylation is 1. The quantitative estimate of drug-likeness (QED) is 0.567. The molecule has 1 heterocycles. The second-order valence-electron chi connectivity index (χ2n) is 5.06. The maximum absolute atomic E-state index is 5.78. The molecule has 0 unspecified atom stereocenters. The van der Waals surface area contributed by atoms with Gasteiger partial charge in [-0.1, -0.05) is 42.5 Å². The molecule has 0 amide bonds. The first-order valence-electron chi connectivity index (χ1n) is 6.58. The van der Waals surface area contributed by atoms with Crippen molar-refractivity contribution >= 4 is 28.9 Å². The highest BCUT2D eigenvalue weighted by Crippen LogP contribution is 2.36. The SMILES string of the molecule is Cc1cc(-c2ccc3c4c(cccc24)C=C3)nc(N)n1. The molecule has 4 rings (SSSR count). The molecule has 1 aromatic heterocycles. The van der Waals surface area contributed by atoms with Crippen LogP contribution in [-0.2, 0) is 0 Å². The number of benzene rings is 2. The van der Waals surface area contributed by atoms with Gasteiger partial charge in [-0.05, 0) is 34.9 Å². The molecule has 0 bridgehead atoms. The van der Waals surface area contributed by atoms with Crippen LogP contribution >= 0.6 is 0 Å². The van der Waals surface area contributed by atoms with Crippen molar-refractivity contribution in [2.45, 2.75) is 6.92 Å². The zero-order valence-corrected chi connectivity index (χ0v) is 11.1. The van der Waals surface area contributed by atoms with Gasteiger partial charge in [0.15, 0.2) is 0 Å². The van der Waals surface area contributed by atoms with Gasteiger partial charge in [0.1, 0.15) is 0 Å². The maximum Gasteiger partial charge on any atom is 0.220 e. The minimum atomic E-state index is 0.321. The van der Waals surface area contributed by atoms with E-state index >= 15 is 0 Å². The van der Waals surface area contributed by atoms with Gasteiger partial charge in [0.25, 0.3) is 0 Å². The van der Waals surface area contributed by atoms with Crippen molar-refractivity contribution in [1.29, 1.82) is 0 Å². The van der Waals surface area contributed by atoms with E-state index in [1.165, 1.54) is 21.9 Å². The van der Waals surface area contributed by atoms with Crippen LogP contribution in [0.25, 0.3) is 34.2 Å². The highest BCUT2D eigenvalue weighted by Gasteiger charge is 2.13. The molecule has 0 fully saturated rings. The first-order valence-corrected chi connectivity index (χ1v) is 6.58. The van der Waals surface area contributed by atoms with E-state index in [9.17, 15) is 0 Å². The Morgan fingerprint density at radius 2 is 1.75 bits per heavy atom. The Labute approximate surface area is 116 Å². The van der Waals surface area contributed by atoms with Gasteiger partial charge < -0.3 is 5.73 Å². The first-order chi connectivity index (χ1) is 9.72. The molecule has 3 heteroatoms. The second-order valence-corrected chi connectivity index (χ2v) is 5.06. The molecule has 2 N–H and O–H groups in total. The highest BCUT2D eigenvalue weighted by molar-refractivity contribution is 6.09. The number of hydrogen-bond acceptors (Lipinski definition) is 3. The van der Waals surface area contributed by atoms with Crippen LogP contribution in [0.3, 0.4) is 0 Å². The molecule has 96 valence electrons. The lowest BCUT2D eigenvalue weighted by molar-refractivity contribution is 1.12. The summed E-state index contributed by atoms with van der Waals surface area (Å²) in [6, 6.07) is 12.6. The Morgan fingerprint density at radius 1 is 0.950 bits per heavy atom. The summed E-state index contributed by atoms with van der Waals surface area (Å²) < 4.78 is 0. The molecule has 1 aliphatic rings. The lowest BCUT2D eigenvalue weighted by Gasteiger charge is -2.09. The molecule has 1 aliphatic carbocycles. The van der Waals surface area contributed by atoms with E-state index in [0.717, 1.165) is 17.0 Å². The third-order valence-corrected chi connectivity index (χ3v) is 3.70. The summed E-state index contributed by atoms with van der Waals surface area (Å²) in [5, 5.41) is 2.50. The van der Waals surface area contributed by atoms with Gasteiger partial charge in [-0.15, -0.1) is 0 Å². The van der Waals surface area contributed by atoms with E-state index in [2.05, 4.69) is 52.5 Å². The molecule has 3 nitrogen and oxygen atoms in total. The van der Waals surface area contributed by atoms with Crippen molar-refractivity contribution in [1.82, 2.24) is 9.97 Å². The van der Waals surface area contributed by atoms with E-state index in [-0.39, 0.29) is 0 Å². The fraction of sp³-hybridized carbons (Fsp3) is 0.0588. The summed E-state index contributed by atoms with van der Waals surface area (Å²) in [5.74, 6) is 0.321. The van der Waals surface area contributed by atoms with Crippen LogP contribution in [0.15, 0.2) is 36.4 Å². The number of anilines is 1. The van der Waals surface area contributed by atoms with Crippen LogP contribution in [0.2, 0.25) is 0 Å². The number of nitrogens with two attached hydrogens (primary N) is 1. The van der Waals surface area contributed by atoms with Crippen LogP contribution in [0.4, 0.5) is 5.95 Å². The Kier molecular flexibility index (Phi) is 2.18. The van der Waals surface area contributed by atoms with E-state index in [1.54, 1.807) is 0 Å². The normalized spacial score (nSPS) is 12.2. The van der Waals surface area contributed by atoms with Crippen LogP contribution < -0.4 is 5.73 Å². The Hall–Kier alpha value is -2.68. The standard InChI is InChI=1S/C17H13N3/c1-10-9-15(20-17(18)19-10)13-8-7-12-6-5-11-3-2-4-14(13)16(11)12/h2-9H,1H3,(H2,18,19,20). The summed E-state index contributed by atoms with van der Waals surface area (Å²) in [7, 11) is 0. The van der Waals surface area contributed by atoms with Crippen molar-refractivity contribution in [2.75, 3.05) is 5.73 Å². The van der Waals surface area contributed by atoms with E-state index in [4.69, 9.17) is 5.73 Å². The predicted molar refractivity (Wildman–Crippen MR) is 83.1 cm³/mol. The third-order valence-electron chi connectivity index (χ3n) is 3.70. The fourth-order valence-corrected chi connectivity index (χ4v) is 2.87. The number of nitrogens with zero attached hydrogens (tertiary/aromatic N) is 2. The number of hydrogen-bond donors (Lipinski definition) is 1. The lowest BCUT2D eigenvalue weighted by Crippen LogP contribution is -1.98. The molecule has 3 aromatic rings. The van der Waals surface area contributed by atoms with Crippen molar-refractivity contribution in [3.63, 3.8) is 0 Å². The predicted octanol–water partition coefficient (Wildman–Crippen LogP) is 3.67. The first kappa shape index (κ1) is 11.2. The zero-order valence-electron chi connectivity index (χ0n) is 11.1. The summed E-state index contributed by atoms with van der Waals surface area (Å²) in [6.07, 6.45) is 4.31. The molecular formula is C17H13N3. The largest absolute Gasteiger partial charge is 0.368 e. The van der Waals surface area contributed by atoms with Gasteiger partial charge in [-0.3, -0.25) is 0 Å². The van der Waals surface area contributed by atoms with E-state index in [0.29, 0.717) is 5.95 Å². The number of nitrogen functional groups attached to an aromatic ring is 1. The molecule has 0 saturated carbocycles. The summed E-state index contributed by atoms with van der Waals surface area (Å²) in [6.45, 7) is 1.93. The van der Waals surface area contributed by atoms with Crippen LogP contribution in [0.1, 0.15) is 16.8 Å². The lowest BCUT2D eigenvalue weighted by atomic mass is 9.97. The maximum atomic E-state index is 5.78. The minimum absolute atomic E-state index is 0.321. The van der Waals surface area contributed by atoms with E-state index in [1.807, 2.05) is 13.0 Å². The molecule has 0 atom stereocenters. The molecular weight excluding hydrogens is 246 g/mol. The van der Waals surface area contributed by atoms with Crippen molar-refractivity contribution in [2.24, 2.45) is 0 Å². The monoisotopic (exact) mass is 259 g/mol. The average Bonchev–Trinajstić information content (AvgIpc) is 2.84. The summed E-state index contributed by atoms with van der Waals surface area (Å²) in [4.78, 5) is 8.52. The topological polar surface area (TPSA) is 51.8 Å². The van der Waals surface area contributed by atoms with E-state index < -0.39 is 0 Å². The Bertz CT molecular complexity index is 846. The van der Waals surface area contributed by atoms with Gasteiger partial charge in [0.05, 0.1) is 5.69 Å². The van der Waals surface area contributed by atoms with Crippen LogP contribution in [0.5, 0.6) is 0 Å². The smallest absolute Gasteiger partial charge is 0.220 e. The fourth-order valence-electron chi connectivity index (χ4n) is 2.87. The van der Waals surface area contributed by atoms with Gasteiger partial charge >= 0.3 is 0 Å². The van der Waals surface area contributed by atoms with Crippen molar-refractivity contribution in [3.05, 3.63) is 53.2 Å². The number of aromatic nitrogens is 2. The minimum Gasteiger partial charge on any atom is -0.368 e. The van der Waals surface area contributed by atoms with Crippen LogP contribution in [-0.4, -0.2) is 9.97 Å². The van der Waals surface area contributed by atoms with Crippen molar-refractivity contribution < 1.29 is 0 Å². The van der Waals surface area contributed by atoms with Gasteiger partial charge in [0.2, 0.25) is 5.95 Å². The third kappa shape index (κ3) is 1.53. The zero-order chi connectivity index (χ0) is 13.7. The van der Waals surface area contributed by atoms with Gasteiger partial charge in [0, 0.05) is 11.3 Å². The summed E-state index contributed by atoms with van der Waals surface area (Å²) in [5.41, 5.74) is 11.2. The molecule has 0 spiro atoms. The summed E-state index contributed by atoms with van der Waals surface area (Å²) >= 11 is 0. The number of rotatable bonds is 1. The molecule has 0 radical (unpaired) electrons. The molecule has 0 saturated heterocycles. The molecule has 20 heavy (non-hydrogen) atoms. The van der Waals surface area contributed by atoms with Gasteiger partial charge in [-0.25, -0.2) is 9.97 Å². The Balaban J connectivity index is 2.07. The highest BCUT2D eigenvalue weighted by atomic mass is 15.0. The molecule has 0 aliphatic heterocycles. The Morgan fingerprint density at radius 3 is 2.55 bits per heavy atom.